The number of rotatable bonds is 6. The van der Waals surface area contributed by atoms with Crippen LogP contribution in [0.3, 0.4) is 0 Å². The molecule has 6 nitrogen and oxygen atoms in total. The van der Waals surface area contributed by atoms with Crippen LogP contribution in [0.1, 0.15) is 40.0 Å². The van der Waals surface area contributed by atoms with Gasteiger partial charge in [0.1, 0.15) is 0 Å². The summed E-state index contributed by atoms with van der Waals surface area (Å²) in [7, 11) is 0. The lowest BCUT2D eigenvalue weighted by Crippen LogP contribution is -2.32. The van der Waals surface area contributed by atoms with Gasteiger partial charge in [0.25, 0.3) is 0 Å². The summed E-state index contributed by atoms with van der Waals surface area (Å²) < 4.78 is 0. The fourth-order valence-corrected chi connectivity index (χ4v) is 1.57. The summed E-state index contributed by atoms with van der Waals surface area (Å²) in [6.45, 7) is 6.41. The lowest BCUT2D eigenvalue weighted by Gasteiger charge is -2.17. The van der Waals surface area contributed by atoms with Gasteiger partial charge in [0.15, 0.2) is 0 Å². The third kappa shape index (κ3) is 7.23. The van der Waals surface area contributed by atoms with Crippen LogP contribution in [0.15, 0.2) is 12.4 Å². The fourth-order valence-electron chi connectivity index (χ4n) is 1.57. The minimum absolute atomic E-state index is 0.0144. The number of carbonyl (C=O) groups excluding carboxylic acids is 2. The van der Waals surface area contributed by atoms with Crippen LogP contribution in [0.2, 0.25) is 0 Å². The normalized spacial score (nSPS) is 11.1. The molecular formula is C13H22N4O2. The van der Waals surface area contributed by atoms with E-state index in [0.29, 0.717) is 12.1 Å². The summed E-state index contributed by atoms with van der Waals surface area (Å²) >= 11 is 0. The SMILES string of the molecule is CC(C)(C)CCCC(=O)NCC(=O)Nc1cn[nH]c1. The third-order valence-corrected chi connectivity index (χ3v) is 2.56. The van der Waals surface area contributed by atoms with Crippen molar-refractivity contribution in [2.45, 2.75) is 40.0 Å². The molecule has 106 valence electrons. The largest absolute Gasteiger partial charge is 0.347 e. The Hall–Kier alpha value is -1.85. The monoisotopic (exact) mass is 266 g/mol. The first-order valence-corrected chi connectivity index (χ1v) is 6.42. The molecule has 0 aliphatic rings. The van der Waals surface area contributed by atoms with Gasteiger partial charge in [0.2, 0.25) is 11.8 Å². The lowest BCUT2D eigenvalue weighted by atomic mass is 9.90. The van der Waals surface area contributed by atoms with Gasteiger partial charge in [-0.15, -0.1) is 0 Å². The van der Waals surface area contributed by atoms with E-state index in [9.17, 15) is 9.59 Å². The molecule has 1 aromatic rings. The second-order valence-electron chi connectivity index (χ2n) is 5.73. The van der Waals surface area contributed by atoms with E-state index >= 15 is 0 Å². The average Bonchev–Trinajstić information content (AvgIpc) is 2.77. The predicted octanol–water partition coefficient (Wildman–Crippen LogP) is 1.68. The summed E-state index contributed by atoms with van der Waals surface area (Å²) in [5, 5.41) is 11.5. The minimum atomic E-state index is -0.259. The molecule has 0 saturated carbocycles. The van der Waals surface area contributed by atoms with Gasteiger partial charge in [0.05, 0.1) is 18.4 Å². The molecule has 0 radical (unpaired) electrons. The molecule has 0 aliphatic carbocycles. The highest BCUT2D eigenvalue weighted by Crippen LogP contribution is 2.21. The van der Waals surface area contributed by atoms with Crippen molar-refractivity contribution in [2.24, 2.45) is 5.41 Å². The maximum Gasteiger partial charge on any atom is 0.243 e. The summed E-state index contributed by atoms with van der Waals surface area (Å²) in [5.74, 6) is -0.350. The fraction of sp³-hybridized carbons (Fsp3) is 0.615. The number of nitrogens with one attached hydrogen (secondary N) is 3. The molecule has 19 heavy (non-hydrogen) atoms. The Balaban J connectivity index is 2.14. The van der Waals surface area contributed by atoms with E-state index < -0.39 is 0 Å². The Labute approximate surface area is 113 Å². The molecule has 2 amide bonds. The van der Waals surface area contributed by atoms with E-state index in [4.69, 9.17) is 0 Å². The molecule has 0 aliphatic heterocycles. The standard InChI is InChI=1S/C13H22N4O2/c1-13(2,3)6-4-5-11(18)14-9-12(19)17-10-7-15-16-8-10/h7-8H,4-6,9H2,1-3H3,(H,14,18)(H,15,16)(H,17,19). The number of anilines is 1. The van der Waals surface area contributed by atoms with Gasteiger partial charge in [-0.3, -0.25) is 14.7 Å². The van der Waals surface area contributed by atoms with Crippen LogP contribution in [0.4, 0.5) is 5.69 Å². The van der Waals surface area contributed by atoms with Crippen molar-refractivity contribution < 1.29 is 9.59 Å². The Bertz CT molecular complexity index is 407. The number of hydrogen-bond donors (Lipinski definition) is 3. The van der Waals surface area contributed by atoms with E-state index in [1.807, 2.05) is 0 Å². The Morgan fingerprint density at radius 1 is 1.32 bits per heavy atom. The van der Waals surface area contributed by atoms with Gasteiger partial charge in [-0.05, 0) is 18.3 Å². The number of amides is 2. The molecular weight excluding hydrogens is 244 g/mol. The van der Waals surface area contributed by atoms with E-state index in [0.717, 1.165) is 12.8 Å². The first-order valence-electron chi connectivity index (χ1n) is 6.42. The van der Waals surface area contributed by atoms with Crippen LogP contribution in [0, 0.1) is 5.41 Å². The van der Waals surface area contributed by atoms with Crippen molar-refractivity contribution in [2.75, 3.05) is 11.9 Å². The number of hydrogen-bond acceptors (Lipinski definition) is 3. The maximum atomic E-state index is 11.5. The van der Waals surface area contributed by atoms with Gasteiger partial charge in [-0.25, -0.2) is 0 Å². The van der Waals surface area contributed by atoms with E-state index in [2.05, 4.69) is 41.6 Å². The molecule has 0 bridgehead atoms. The maximum absolute atomic E-state index is 11.5. The van der Waals surface area contributed by atoms with Crippen molar-refractivity contribution in [1.82, 2.24) is 15.5 Å². The van der Waals surface area contributed by atoms with Crippen LogP contribution in [-0.2, 0) is 9.59 Å². The van der Waals surface area contributed by atoms with Crippen molar-refractivity contribution in [3.8, 4) is 0 Å². The smallest absolute Gasteiger partial charge is 0.243 e. The highest BCUT2D eigenvalue weighted by molar-refractivity contribution is 5.94. The molecule has 3 N–H and O–H groups in total. The van der Waals surface area contributed by atoms with Gasteiger partial charge >= 0.3 is 0 Å². The van der Waals surface area contributed by atoms with E-state index in [1.165, 1.54) is 6.20 Å². The number of carbonyl (C=O) groups is 2. The molecule has 0 unspecified atom stereocenters. The topological polar surface area (TPSA) is 86.9 Å². The Morgan fingerprint density at radius 3 is 2.63 bits per heavy atom. The lowest BCUT2D eigenvalue weighted by molar-refractivity contribution is -0.124. The van der Waals surface area contributed by atoms with E-state index in [-0.39, 0.29) is 23.8 Å². The highest BCUT2D eigenvalue weighted by atomic mass is 16.2. The molecule has 1 rings (SSSR count). The van der Waals surface area contributed by atoms with Crippen LogP contribution in [-0.4, -0.2) is 28.6 Å². The summed E-state index contributed by atoms with van der Waals surface area (Å²) in [4.78, 5) is 23.0. The molecule has 6 heteroatoms. The number of aromatic nitrogens is 2. The average molecular weight is 266 g/mol. The van der Waals surface area contributed by atoms with Gasteiger partial charge in [-0.1, -0.05) is 20.8 Å². The summed E-state index contributed by atoms with van der Waals surface area (Å²) in [5.41, 5.74) is 0.825. The summed E-state index contributed by atoms with van der Waals surface area (Å²) in [6, 6.07) is 0. The zero-order valence-electron chi connectivity index (χ0n) is 11.7. The summed E-state index contributed by atoms with van der Waals surface area (Å²) in [6.07, 6.45) is 5.35. The van der Waals surface area contributed by atoms with Gasteiger partial charge < -0.3 is 10.6 Å². The first kappa shape index (κ1) is 15.2. The molecule has 0 atom stereocenters. The van der Waals surface area contributed by atoms with Crippen LogP contribution >= 0.6 is 0 Å². The second kappa shape index (κ2) is 6.92. The second-order valence-corrected chi connectivity index (χ2v) is 5.73. The van der Waals surface area contributed by atoms with Crippen molar-refractivity contribution in [3.05, 3.63) is 12.4 Å². The third-order valence-electron chi connectivity index (χ3n) is 2.56. The number of H-pyrrole nitrogens is 1. The zero-order chi connectivity index (χ0) is 14.3. The number of nitrogens with zero attached hydrogens (tertiary/aromatic N) is 1. The zero-order valence-corrected chi connectivity index (χ0v) is 11.7. The minimum Gasteiger partial charge on any atom is -0.347 e. The van der Waals surface area contributed by atoms with E-state index in [1.54, 1.807) is 6.20 Å². The predicted molar refractivity (Wildman–Crippen MR) is 73.5 cm³/mol. The molecule has 1 aromatic heterocycles. The van der Waals surface area contributed by atoms with Crippen LogP contribution in [0.5, 0.6) is 0 Å². The van der Waals surface area contributed by atoms with Crippen LogP contribution < -0.4 is 10.6 Å². The van der Waals surface area contributed by atoms with Gasteiger partial charge in [-0.2, -0.15) is 5.10 Å². The van der Waals surface area contributed by atoms with Gasteiger partial charge in [0, 0.05) is 12.6 Å². The molecule has 0 spiro atoms. The molecule has 0 fully saturated rings. The van der Waals surface area contributed by atoms with Crippen molar-refractivity contribution in [1.29, 1.82) is 0 Å². The Kier molecular flexibility index (Phi) is 5.54. The van der Waals surface area contributed by atoms with Crippen LogP contribution in [0.25, 0.3) is 0 Å². The van der Waals surface area contributed by atoms with Crippen molar-refractivity contribution >= 4 is 17.5 Å². The quantitative estimate of drug-likeness (QED) is 0.732. The highest BCUT2D eigenvalue weighted by Gasteiger charge is 2.11. The van der Waals surface area contributed by atoms with Crippen molar-refractivity contribution in [3.63, 3.8) is 0 Å². The molecule has 1 heterocycles. The Morgan fingerprint density at radius 2 is 2.05 bits per heavy atom. The number of aromatic amines is 1. The molecule has 0 saturated heterocycles. The first-order chi connectivity index (χ1) is 8.87. The molecule has 0 aromatic carbocycles.